The third-order valence-electron chi connectivity index (χ3n) is 1.87. The lowest BCUT2D eigenvalue weighted by molar-refractivity contribution is 0.399. The van der Waals surface area contributed by atoms with Gasteiger partial charge in [0.25, 0.3) is 0 Å². The zero-order valence-corrected chi connectivity index (χ0v) is 11.8. The van der Waals surface area contributed by atoms with Gasteiger partial charge in [-0.1, -0.05) is 34.6 Å². The van der Waals surface area contributed by atoms with Crippen LogP contribution in [0.5, 0.6) is 11.5 Å². The van der Waals surface area contributed by atoms with Gasteiger partial charge < -0.3 is 9.47 Å². The van der Waals surface area contributed by atoms with Crippen molar-refractivity contribution in [3.8, 4) is 11.5 Å². The zero-order valence-electron chi connectivity index (χ0n) is 11.8. The fourth-order valence-electron chi connectivity index (χ4n) is 1.16. The molecule has 0 atom stereocenters. The lowest BCUT2D eigenvalue weighted by Gasteiger charge is -2.07. The maximum atomic E-state index is 5.18. The van der Waals surface area contributed by atoms with E-state index < -0.39 is 0 Å². The molecule has 0 aliphatic rings. The van der Waals surface area contributed by atoms with Gasteiger partial charge in [-0.25, -0.2) is 0 Å². The molecule has 1 rings (SSSR count). The van der Waals surface area contributed by atoms with Crippen molar-refractivity contribution >= 4 is 0 Å². The van der Waals surface area contributed by atoms with Crippen LogP contribution in [0, 0.1) is 0 Å². The average molecular weight is 226 g/mol. The molecule has 0 bridgehead atoms. The SMILES string of the molecule is CC.CC.CCc1cc(OC)ccc1OC. The lowest BCUT2D eigenvalue weighted by Crippen LogP contribution is -1.91. The van der Waals surface area contributed by atoms with Crippen molar-refractivity contribution in [3.05, 3.63) is 23.8 Å². The number of hydrogen-bond acceptors (Lipinski definition) is 2. The molecule has 0 N–H and O–H groups in total. The molecule has 0 amide bonds. The maximum Gasteiger partial charge on any atom is 0.122 e. The van der Waals surface area contributed by atoms with E-state index in [1.54, 1.807) is 14.2 Å². The fourth-order valence-corrected chi connectivity index (χ4v) is 1.16. The summed E-state index contributed by atoms with van der Waals surface area (Å²) in [4.78, 5) is 0. The Kier molecular flexibility index (Phi) is 12.8. The first-order chi connectivity index (χ1) is 7.81. The topological polar surface area (TPSA) is 18.5 Å². The summed E-state index contributed by atoms with van der Waals surface area (Å²) < 4.78 is 10.3. The van der Waals surface area contributed by atoms with Crippen LogP contribution in [0.2, 0.25) is 0 Å². The first kappa shape index (κ1) is 17.2. The Morgan fingerprint density at radius 2 is 1.50 bits per heavy atom. The second-order valence-corrected chi connectivity index (χ2v) is 2.53. The number of aryl methyl sites for hydroxylation is 1. The van der Waals surface area contributed by atoms with Crippen LogP contribution in [0.3, 0.4) is 0 Å². The molecule has 0 saturated carbocycles. The van der Waals surface area contributed by atoms with Crippen molar-refractivity contribution < 1.29 is 9.47 Å². The van der Waals surface area contributed by atoms with Gasteiger partial charge in [0.05, 0.1) is 14.2 Å². The van der Waals surface area contributed by atoms with Gasteiger partial charge in [0.15, 0.2) is 0 Å². The highest BCUT2D eigenvalue weighted by molar-refractivity contribution is 5.40. The van der Waals surface area contributed by atoms with Gasteiger partial charge in [0.2, 0.25) is 0 Å². The number of hydrogen-bond donors (Lipinski definition) is 0. The summed E-state index contributed by atoms with van der Waals surface area (Å²) in [5.74, 6) is 1.81. The summed E-state index contributed by atoms with van der Waals surface area (Å²) in [7, 11) is 3.35. The summed E-state index contributed by atoms with van der Waals surface area (Å²) in [6, 6.07) is 5.83. The van der Waals surface area contributed by atoms with Crippen LogP contribution in [-0.2, 0) is 6.42 Å². The molecule has 94 valence electrons. The number of ether oxygens (including phenoxy) is 2. The molecule has 0 aliphatic carbocycles. The molecular formula is C14H26O2. The van der Waals surface area contributed by atoms with Crippen LogP contribution in [0.15, 0.2) is 18.2 Å². The Balaban J connectivity index is 0. The van der Waals surface area contributed by atoms with Crippen LogP contribution in [0.1, 0.15) is 40.2 Å². The molecule has 16 heavy (non-hydrogen) atoms. The minimum absolute atomic E-state index is 0.882. The molecule has 1 aromatic rings. The van der Waals surface area contributed by atoms with Gasteiger partial charge in [-0.2, -0.15) is 0 Å². The molecule has 0 radical (unpaired) electrons. The fraction of sp³-hybridized carbons (Fsp3) is 0.571. The Labute approximate surface area is 101 Å². The Bertz CT molecular complexity index is 257. The van der Waals surface area contributed by atoms with Gasteiger partial charge in [-0.15, -0.1) is 0 Å². The van der Waals surface area contributed by atoms with Gasteiger partial charge in [0.1, 0.15) is 11.5 Å². The Morgan fingerprint density at radius 1 is 0.938 bits per heavy atom. The van der Waals surface area contributed by atoms with E-state index in [1.165, 1.54) is 5.56 Å². The minimum Gasteiger partial charge on any atom is -0.497 e. The standard InChI is InChI=1S/C10H14O2.2C2H6/c1-4-8-7-9(11-2)5-6-10(8)12-3;2*1-2/h5-7H,4H2,1-3H3;2*1-2H3. The van der Waals surface area contributed by atoms with Crippen LogP contribution in [0.25, 0.3) is 0 Å². The van der Waals surface area contributed by atoms with E-state index in [-0.39, 0.29) is 0 Å². The average Bonchev–Trinajstić information content (AvgIpc) is 2.42. The summed E-state index contributed by atoms with van der Waals surface area (Å²) in [5, 5.41) is 0. The van der Waals surface area contributed by atoms with Crippen molar-refractivity contribution in [2.24, 2.45) is 0 Å². The normalized spacial score (nSPS) is 7.94. The highest BCUT2D eigenvalue weighted by Crippen LogP contribution is 2.23. The zero-order chi connectivity index (χ0) is 13.0. The Morgan fingerprint density at radius 3 is 1.88 bits per heavy atom. The molecule has 0 fully saturated rings. The highest BCUT2D eigenvalue weighted by atomic mass is 16.5. The van der Waals surface area contributed by atoms with Crippen molar-refractivity contribution in [2.45, 2.75) is 41.0 Å². The predicted octanol–water partition coefficient (Wildman–Crippen LogP) is 4.32. The second-order valence-electron chi connectivity index (χ2n) is 2.53. The first-order valence-corrected chi connectivity index (χ1v) is 6.02. The van der Waals surface area contributed by atoms with E-state index in [4.69, 9.17) is 9.47 Å². The van der Waals surface area contributed by atoms with E-state index in [1.807, 2.05) is 45.9 Å². The first-order valence-electron chi connectivity index (χ1n) is 6.02. The highest BCUT2D eigenvalue weighted by Gasteiger charge is 2.01. The van der Waals surface area contributed by atoms with Gasteiger partial charge in [-0.3, -0.25) is 0 Å². The third kappa shape index (κ3) is 5.64. The predicted molar refractivity (Wildman–Crippen MR) is 71.6 cm³/mol. The summed E-state index contributed by atoms with van der Waals surface area (Å²) in [6.45, 7) is 10.1. The lowest BCUT2D eigenvalue weighted by atomic mass is 10.1. The number of methoxy groups -OCH3 is 2. The molecule has 0 heterocycles. The smallest absolute Gasteiger partial charge is 0.122 e. The number of benzene rings is 1. The molecule has 0 unspecified atom stereocenters. The third-order valence-corrected chi connectivity index (χ3v) is 1.87. The second kappa shape index (κ2) is 11.9. The van der Waals surface area contributed by atoms with E-state index in [0.717, 1.165) is 17.9 Å². The monoisotopic (exact) mass is 226 g/mol. The summed E-state index contributed by atoms with van der Waals surface area (Å²) >= 11 is 0. The largest absolute Gasteiger partial charge is 0.497 e. The van der Waals surface area contributed by atoms with Crippen LogP contribution in [-0.4, -0.2) is 14.2 Å². The van der Waals surface area contributed by atoms with Gasteiger partial charge >= 0.3 is 0 Å². The van der Waals surface area contributed by atoms with Gasteiger partial charge in [0, 0.05) is 0 Å². The van der Waals surface area contributed by atoms with Crippen LogP contribution >= 0.6 is 0 Å². The molecule has 0 aromatic heterocycles. The van der Waals surface area contributed by atoms with Gasteiger partial charge in [-0.05, 0) is 30.2 Å². The maximum absolute atomic E-state index is 5.18. The molecule has 0 aliphatic heterocycles. The van der Waals surface area contributed by atoms with E-state index in [9.17, 15) is 0 Å². The molecule has 0 spiro atoms. The quantitative estimate of drug-likeness (QED) is 0.764. The van der Waals surface area contributed by atoms with Crippen molar-refractivity contribution in [2.75, 3.05) is 14.2 Å². The molecular weight excluding hydrogens is 200 g/mol. The molecule has 0 saturated heterocycles. The van der Waals surface area contributed by atoms with Crippen LogP contribution < -0.4 is 9.47 Å². The Hall–Kier alpha value is -1.18. The summed E-state index contributed by atoms with van der Waals surface area (Å²) in [6.07, 6.45) is 0.959. The molecule has 1 aromatic carbocycles. The van der Waals surface area contributed by atoms with E-state index in [0.29, 0.717) is 0 Å². The minimum atomic E-state index is 0.882. The van der Waals surface area contributed by atoms with Crippen molar-refractivity contribution in [1.29, 1.82) is 0 Å². The number of rotatable bonds is 3. The van der Waals surface area contributed by atoms with Crippen LogP contribution in [0.4, 0.5) is 0 Å². The van der Waals surface area contributed by atoms with E-state index >= 15 is 0 Å². The van der Waals surface area contributed by atoms with Crippen molar-refractivity contribution in [1.82, 2.24) is 0 Å². The molecule has 2 nitrogen and oxygen atoms in total. The van der Waals surface area contributed by atoms with Crippen molar-refractivity contribution in [3.63, 3.8) is 0 Å². The van der Waals surface area contributed by atoms with E-state index in [2.05, 4.69) is 6.92 Å². The summed E-state index contributed by atoms with van der Waals surface area (Å²) in [5.41, 5.74) is 1.18. The molecule has 2 heteroatoms.